The van der Waals surface area contributed by atoms with E-state index >= 15 is 0 Å². The van der Waals surface area contributed by atoms with Gasteiger partial charge in [-0.25, -0.2) is 0 Å². The van der Waals surface area contributed by atoms with Crippen molar-refractivity contribution >= 4 is 18.4 Å². The van der Waals surface area contributed by atoms with Gasteiger partial charge in [0.1, 0.15) is 5.75 Å². The van der Waals surface area contributed by atoms with Crippen LogP contribution in [0.15, 0.2) is 18.2 Å². The van der Waals surface area contributed by atoms with Crippen molar-refractivity contribution in [3.05, 3.63) is 29.3 Å². The first-order valence-corrected chi connectivity index (χ1v) is 5.44. The Balaban J connectivity index is 0.00000289. The lowest BCUT2D eigenvalue weighted by Crippen LogP contribution is -2.37. The molecule has 3 N–H and O–H groups in total. The molecule has 0 radical (unpaired) electrons. The van der Waals surface area contributed by atoms with Crippen LogP contribution in [0.5, 0.6) is 5.75 Å². The Morgan fingerprint density at radius 1 is 1.44 bits per heavy atom. The van der Waals surface area contributed by atoms with Gasteiger partial charge in [0.05, 0.1) is 12.5 Å². The molecule has 0 saturated carbocycles. The third-order valence-corrected chi connectivity index (χ3v) is 3.09. The molecule has 1 atom stereocenters. The number of methoxy groups -OCH3 is 1. The first-order valence-electron chi connectivity index (χ1n) is 5.44. The van der Waals surface area contributed by atoms with Crippen LogP contribution in [0.25, 0.3) is 0 Å². The van der Waals surface area contributed by atoms with Crippen LogP contribution in [-0.4, -0.2) is 18.2 Å². The van der Waals surface area contributed by atoms with Crippen LogP contribution < -0.4 is 5.73 Å². The van der Waals surface area contributed by atoms with Gasteiger partial charge in [0, 0.05) is 11.6 Å². The van der Waals surface area contributed by atoms with Crippen molar-refractivity contribution in [1.29, 1.82) is 0 Å². The Bertz CT molecular complexity index is 432. The molecule has 4 nitrogen and oxygen atoms in total. The maximum absolute atomic E-state index is 11.7. The maximum atomic E-state index is 11.7. The third-order valence-electron chi connectivity index (χ3n) is 3.09. The van der Waals surface area contributed by atoms with Gasteiger partial charge in [-0.2, -0.15) is 0 Å². The Morgan fingerprint density at radius 3 is 2.50 bits per heavy atom. The van der Waals surface area contributed by atoms with Crippen LogP contribution in [0.3, 0.4) is 0 Å². The zero-order valence-corrected chi connectivity index (χ0v) is 11.9. The Hall–Kier alpha value is -1.26. The summed E-state index contributed by atoms with van der Waals surface area (Å²) in [5, 5.41) is 9.95. The Kier molecular flexibility index (Phi) is 5.64. The van der Waals surface area contributed by atoms with E-state index in [0.29, 0.717) is 5.56 Å². The number of halogens is 1. The van der Waals surface area contributed by atoms with Gasteiger partial charge in [0.25, 0.3) is 0 Å². The van der Waals surface area contributed by atoms with Gasteiger partial charge in [0.15, 0.2) is 0 Å². The molecule has 0 aliphatic rings. The number of ether oxygens (including phenoxy) is 1. The lowest BCUT2D eigenvalue weighted by Gasteiger charge is -2.29. The zero-order valence-electron chi connectivity index (χ0n) is 11.1. The predicted octanol–water partition coefficient (Wildman–Crippen LogP) is 2.32. The summed E-state index contributed by atoms with van der Waals surface area (Å²) in [6, 6.07) is 4.70. The molecule has 0 amide bonds. The van der Waals surface area contributed by atoms with Crippen LogP contribution in [-0.2, 0) is 9.53 Å². The molecule has 0 aliphatic heterocycles. The number of esters is 1. The van der Waals surface area contributed by atoms with Gasteiger partial charge in [-0.3, -0.25) is 4.79 Å². The second-order valence-corrected chi connectivity index (χ2v) is 4.70. The van der Waals surface area contributed by atoms with E-state index in [9.17, 15) is 9.90 Å². The van der Waals surface area contributed by atoms with E-state index in [1.165, 1.54) is 7.11 Å². The van der Waals surface area contributed by atoms with Crippen molar-refractivity contribution in [2.24, 2.45) is 11.1 Å². The first-order chi connectivity index (χ1) is 7.82. The second kappa shape index (κ2) is 6.07. The standard InChI is InChI=1S/C13H19NO3.ClH/c1-8-6-5-7-9(10(8)15)11(14)13(2,3)12(16)17-4;/h5-7,11,15H,14H2,1-4H3;1H/t11-;/m1./s1. The van der Waals surface area contributed by atoms with Crippen LogP contribution in [0.4, 0.5) is 0 Å². The summed E-state index contributed by atoms with van der Waals surface area (Å²) in [5.74, 6) is -0.261. The molecule has 0 unspecified atom stereocenters. The lowest BCUT2D eigenvalue weighted by atomic mass is 9.80. The van der Waals surface area contributed by atoms with Gasteiger partial charge in [-0.1, -0.05) is 18.2 Å². The summed E-state index contributed by atoms with van der Waals surface area (Å²) in [4.78, 5) is 11.7. The Morgan fingerprint density at radius 2 is 2.00 bits per heavy atom. The van der Waals surface area contributed by atoms with E-state index in [2.05, 4.69) is 0 Å². The summed E-state index contributed by atoms with van der Waals surface area (Å²) in [5.41, 5.74) is 6.46. The average Bonchev–Trinajstić information content (AvgIpc) is 2.30. The van der Waals surface area contributed by atoms with Gasteiger partial charge in [-0.15, -0.1) is 12.4 Å². The summed E-state index contributed by atoms with van der Waals surface area (Å²) < 4.78 is 4.73. The zero-order chi connectivity index (χ0) is 13.2. The molecule has 1 aromatic rings. The number of aryl methyl sites for hydroxylation is 1. The molecular formula is C13H20ClNO3. The first kappa shape index (κ1) is 16.7. The predicted molar refractivity (Wildman–Crippen MR) is 72.8 cm³/mol. The highest BCUT2D eigenvalue weighted by Crippen LogP contribution is 2.37. The molecule has 0 spiro atoms. The van der Waals surface area contributed by atoms with Crippen molar-refractivity contribution in [3.63, 3.8) is 0 Å². The summed E-state index contributed by atoms with van der Waals surface area (Å²) in [6.07, 6.45) is 0. The third kappa shape index (κ3) is 2.94. The number of nitrogens with two attached hydrogens (primary N) is 1. The number of hydrogen-bond donors (Lipinski definition) is 2. The van der Waals surface area contributed by atoms with Crippen LogP contribution in [0.2, 0.25) is 0 Å². The van der Waals surface area contributed by atoms with Gasteiger partial charge in [0.2, 0.25) is 0 Å². The van der Waals surface area contributed by atoms with Crippen LogP contribution >= 0.6 is 12.4 Å². The number of carbonyl (C=O) groups excluding carboxylic acids is 1. The molecular weight excluding hydrogens is 254 g/mol. The molecule has 5 heteroatoms. The highest BCUT2D eigenvalue weighted by atomic mass is 35.5. The SMILES string of the molecule is COC(=O)C(C)(C)[C@H](N)c1cccc(C)c1O.Cl. The summed E-state index contributed by atoms with van der Waals surface area (Å²) in [7, 11) is 1.33. The summed E-state index contributed by atoms with van der Waals surface area (Å²) >= 11 is 0. The minimum absolute atomic E-state index is 0. The Labute approximate surface area is 114 Å². The average molecular weight is 274 g/mol. The number of aromatic hydroxyl groups is 1. The smallest absolute Gasteiger partial charge is 0.313 e. The maximum Gasteiger partial charge on any atom is 0.313 e. The van der Waals surface area contributed by atoms with Gasteiger partial charge < -0.3 is 15.6 Å². The van der Waals surface area contributed by atoms with E-state index in [1.54, 1.807) is 39.0 Å². The second-order valence-electron chi connectivity index (χ2n) is 4.70. The van der Waals surface area contributed by atoms with Gasteiger partial charge >= 0.3 is 5.97 Å². The summed E-state index contributed by atoms with van der Waals surface area (Å²) in [6.45, 7) is 5.19. The van der Waals surface area contributed by atoms with Crippen molar-refractivity contribution < 1.29 is 14.6 Å². The number of para-hydroxylation sites is 1. The van der Waals surface area contributed by atoms with Crippen LogP contribution in [0.1, 0.15) is 31.0 Å². The molecule has 0 heterocycles. The molecule has 1 aromatic carbocycles. The minimum Gasteiger partial charge on any atom is -0.507 e. The molecule has 0 saturated heterocycles. The van der Waals surface area contributed by atoms with Crippen molar-refractivity contribution in [2.75, 3.05) is 7.11 Å². The molecule has 18 heavy (non-hydrogen) atoms. The molecule has 1 rings (SSSR count). The van der Waals surface area contributed by atoms with E-state index in [4.69, 9.17) is 10.5 Å². The number of carbonyl (C=O) groups is 1. The highest BCUT2D eigenvalue weighted by Gasteiger charge is 2.37. The molecule has 0 aliphatic carbocycles. The largest absolute Gasteiger partial charge is 0.507 e. The minimum atomic E-state index is -0.889. The fourth-order valence-corrected chi connectivity index (χ4v) is 1.71. The topological polar surface area (TPSA) is 72.5 Å². The van der Waals surface area contributed by atoms with Crippen molar-refractivity contribution in [1.82, 2.24) is 0 Å². The number of phenols is 1. The fourth-order valence-electron chi connectivity index (χ4n) is 1.71. The molecule has 0 aromatic heterocycles. The van der Waals surface area contributed by atoms with E-state index < -0.39 is 17.4 Å². The van der Waals surface area contributed by atoms with E-state index in [0.717, 1.165) is 5.56 Å². The highest BCUT2D eigenvalue weighted by molar-refractivity contribution is 5.85. The van der Waals surface area contributed by atoms with Gasteiger partial charge in [-0.05, 0) is 26.3 Å². The van der Waals surface area contributed by atoms with E-state index in [1.807, 2.05) is 0 Å². The van der Waals surface area contributed by atoms with Crippen molar-refractivity contribution in [3.8, 4) is 5.75 Å². The molecule has 0 fully saturated rings. The number of rotatable bonds is 3. The fraction of sp³-hybridized carbons (Fsp3) is 0.462. The molecule has 102 valence electrons. The number of phenolic OH excluding ortho intramolecular Hbond substituents is 1. The van der Waals surface area contributed by atoms with Crippen LogP contribution in [0, 0.1) is 12.3 Å². The number of hydrogen-bond acceptors (Lipinski definition) is 4. The lowest BCUT2D eigenvalue weighted by molar-refractivity contribution is -0.152. The monoisotopic (exact) mass is 273 g/mol. The van der Waals surface area contributed by atoms with Crippen molar-refractivity contribution in [2.45, 2.75) is 26.8 Å². The quantitative estimate of drug-likeness (QED) is 0.829. The normalized spacial score (nSPS) is 12.5. The molecule has 0 bridgehead atoms. The number of benzene rings is 1. The van der Waals surface area contributed by atoms with E-state index in [-0.39, 0.29) is 18.2 Å².